The van der Waals surface area contributed by atoms with Crippen molar-refractivity contribution in [3.05, 3.63) is 42.0 Å². The second-order valence-electron chi connectivity index (χ2n) is 5.37. The average molecular weight is 286 g/mol. The third kappa shape index (κ3) is 2.89. The lowest BCUT2D eigenvalue weighted by atomic mass is 10.0. The molecule has 1 aliphatic rings. The molecule has 110 valence electrons. The standard InChI is InChI=1S/C15H18N4O2/c1-11-6-14(18(2)17-11)15(20)19-8-12(9-19)10-21-13-4-3-5-16-7-13/h3-7,12H,8-10H2,1-2H3. The fraction of sp³-hybridized carbons (Fsp3) is 0.400. The largest absolute Gasteiger partial charge is 0.492 e. The molecule has 0 aliphatic carbocycles. The third-order valence-electron chi connectivity index (χ3n) is 3.59. The summed E-state index contributed by atoms with van der Waals surface area (Å²) in [6, 6.07) is 5.55. The summed E-state index contributed by atoms with van der Waals surface area (Å²) in [5.74, 6) is 1.18. The van der Waals surface area contributed by atoms with Crippen LogP contribution < -0.4 is 4.74 Å². The van der Waals surface area contributed by atoms with Crippen molar-refractivity contribution in [1.82, 2.24) is 19.7 Å². The lowest BCUT2D eigenvalue weighted by molar-refractivity contribution is 0.0383. The maximum atomic E-state index is 12.3. The molecule has 21 heavy (non-hydrogen) atoms. The van der Waals surface area contributed by atoms with E-state index in [9.17, 15) is 4.79 Å². The van der Waals surface area contributed by atoms with Crippen LogP contribution in [0.1, 0.15) is 16.2 Å². The molecule has 3 rings (SSSR count). The highest BCUT2D eigenvalue weighted by Crippen LogP contribution is 2.20. The van der Waals surface area contributed by atoms with Gasteiger partial charge in [0.2, 0.25) is 0 Å². The van der Waals surface area contributed by atoms with Gasteiger partial charge in [0.1, 0.15) is 11.4 Å². The number of aryl methyl sites for hydroxylation is 2. The SMILES string of the molecule is Cc1cc(C(=O)N2CC(COc3cccnc3)C2)n(C)n1. The molecule has 0 saturated carbocycles. The van der Waals surface area contributed by atoms with Crippen molar-refractivity contribution < 1.29 is 9.53 Å². The molecule has 6 nitrogen and oxygen atoms in total. The Morgan fingerprint density at radius 2 is 2.29 bits per heavy atom. The molecule has 6 heteroatoms. The van der Waals surface area contributed by atoms with Gasteiger partial charge in [-0.1, -0.05) is 0 Å². The average Bonchev–Trinajstić information content (AvgIpc) is 2.77. The summed E-state index contributed by atoms with van der Waals surface area (Å²) < 4.78 is 7.29. The summed E-state index contributed by atoms with van der Waals surface area (Å²) in [7, 11) is 1.79. The van der Waals surface area contributed by atoms with Crippen LogP contribution in [0.3, 0.4) is 0 Å². The summed E-state index contributed by atoms with van der Waals surface area (Å²) in [4.78, 5) is 18.1. The molecule has 0 unspecified atom stereocenters. The molecule has 2 aromatic rings. The zero-order valence-corrected chi connectivity index (χ0v) is 12.2. The topological polar surface area (TPSA) is 60.3 Å². The van der Waals surface area contributed by atoms with E-state index in [0.29, 0.717) is 18.2 Å². The lowest BCUT2D eigenvalue weighted by Crippen LogP contribution is -2.52. The third-order valence-corrected chi connectivity index (χ3v) is 3.59. The normalized spacial score (nSPS) is 14.9. The number of carbonyl (C=O) groups is 1. The number of ether oxygens (including phenoxy) is 1. The van der Waals surface area contributed by atoms with Gasteiger partial charge in [0.05, 0.1) is 18.5 Å². The molecular weight excluding hydrogens is 268 g/mol. The number of rotatable bonds is 4. The van der Waals surface area contributed by atoms with Crippen LogP contribution in [0.2, 0.25) is 0 Å². The van der Waals surface area contributed by atoms with Gasteiger partial charge in [-0.25, -0.2) is 0 Å². The van der Waals surface area contributed by atoms with E-state index >= 15 is 0 Å². The van der Waals surface area contributed by atoms with Crippen LogP contribution in [-0.4, -0.2) is 45.3 Å². The van der Waals surface area contributed by atoms with E-state index < -0.39 is 0 Å². The van der Waals surface area contributed by atoms with Gasteiger partial charge in [-0.3, -0.25) is 14.5 Å². The monoisotopic (exact) mass is 286 g/mol. The van der Waals surface area contributed by atoms with E-state index in [1.807, 2.05) is 30.0 Å². The van der Waals surface area contributed by atoms with Crippen LogP contribution in [0.15, 0.2) is 30.6 Å². The number of carbonyl (C=O) groups excluding carboxylic acids is 1. The molecular formula is C15H18N4O2. The first kappa shape index (κ1) is 13.6. The van der Waals surface area contributed by atoms with E-state index in [2.05, 4.69) is 10.1 Å². The van der Waals surface area contributed by atoms with Gasteiger partial charge in [-0.15, -0.1) is 0 Å². The minimum absolute atomic E-state index is 0.0377. The van der Waals surface area contributed by atoms with Gasteiger partial charge in [0, 0.05) is 32.3 Å². The maximum absolute atomic E-state index is 12.3. The minimum atomic E-state index is 0.0377. The number of hydrogen-bond acceptors (Lipinski definition) is 4. The molecule has 0 spiro atoms. The van der Waals surface area contributed by atoms with Crippen molar-refractivity contribution in [1.29, 1.82) is 0 Å². The summed E-state index contributed by atoms with van der Waals surface area (Å²) >= 11 is 0. The molecule has 0 aromatic carbocycles. The molecule has 1 saturated heterocycles. The highest BCUT2D eigenvalue weighted by Gasteiger charge is 2.32. The summed E-state index contributed by atoms with van der Waals surface area (Å²) in [5.41, 5.74) is 1.50. The summed E-state index contributed by atoms with van der Waals surface area (Å²) in [6.07, 6.45) is 3.41. The molecule has 0 radical (unpaired) electrons. The predicted molar refractivity (Wildman–Crippen MR) is 77.1 cm³/mol. The fourth-order valence-corrected chi connectivity index (χ4v) is 2.46. The molecule has 1 fully saturated rings. The van der Waals surface area contributed by atoms with Gasteiger partial charge in [0.15, 0.2) is 0 Å². The van der Waals surface area contributed by atoms with Crippen molar-refractivity contribution in [3.8, 4) is 5.75 Å². The van der Waals surface area contributed by atoms with Gasteiger partial charge >= 0.3 is 0 Å². The Morgan fingerprint density at radius 3 is 2.90 bits per heavy atom. The van der Waals surface area contributed by atoms with Crippen molar-refractivity contribution in [3.63, 3.8) is 0 Å². The predicted octanol–water partition coefficient (Wildman–Crippen LogP) is 1.27. The van der Waals surface area contributed by atoms with Gasteiger partial charge < -0.3 is 9.64 Å². The molecule has 0 atom stereocenters. The molecule has 1 amide bonds. The van der Waals surface area contributed by atoms with Crippen LogP contribution >= 0.6 is 0 Å². The highest BCUT2D eigenvalue weighted by molar-refractivity contribution is 5.93. The van der Waals surface area contributed by atoms with E-state index in [1.54, 1.807) is 24.1 Å². The van der Waals surface area contributed by atoms with Crippen LogP contribution in [0.5, 0.6) is 5.75 Å². The number of hydrogen-bond donors (Lipinski definition) is 0. The second kappa shape index (κ2) is 5.55. The number of aromatic nitrogens is 3. The van der Waals surface area contributed by atoms with Crippen molar-refractivity contribution in [2.24, 2.45) is 13.0 Å². The van der Waals surface area contributed by atoms with Crippen LogP contribution in [-0.2, 0) is 7.05 Å². The zero-order chi connectivity index (χ0) is 14.8. The Hall–Kier alpha value is -2.37. The van der Waals surface area contributed by atoms with Crippen molar-refractivity contribution >= 4 is 5.91 Å². The van der Waals surface area contributed by atoms with Gasteiger partial charge in [-0.05, 0) is 25.1 Å². The highest BCUT2D eigenvalue weighted by atomic mass is 16.5. The summed E-state index contributed by atoms with van der Waals surface area (Å²) in [5, 5.41) is 4.21. The smallest absolute Gasteiger partial charge is 0.272 e. The minimum Gasteiger partial charge on any atom is -0.492 e. The van der Waals surface area contributed by atoms with Crippen LogP contribution in [0.4, 0.5) is 0 Å². The number of likely N-dealkylation sites (tertiary alicyclic amines) is 1. The van der Waals surface area contributed by atoms with E-state index in [0.717, 1.165) is 24.5 Å². The quantitative estimate of drug-likeness (QED) is 0.849. The fourth-order valence-electron chi connectivity index (χ4n) is 2.46. The Bertz CT molecular complexity index is 632. The lowest BCUT2D eigenvalue weighted by Gasteiger charge is -2.38. The number of nitrogens with zero attached hydrogens (tertiary/aromatic N) is 4. The second-order valence-corrected chi connectivity index (χ2v) is 5.37. The van der Waals surface area contributed by atoms with E-state index in [4.69, 9.17) is 4.74 Å². The molecule has 1 aliphatic heterocycles. The maximum Gasteiger partial charge on any atom is 0.272 e. The van der Waals surface area contributed by atoms with Crippen molar-refractivity contribution in [2.75, 3.05) is 19.7 Å². The first-order valence-corrected chi connectivity index (χ1v) is 6.96. The molecule has 2 aromatic heterocycles. The Morgan fingerprint density at radius 1 is 1.48 bits per heavy atom. The number of amides is 1. The molecule has 0 N–H and O–H groups in total. The Kier molecular flexibility index (Phi) is 3.60. The first-order valence-electron chi connectivity index (χ1n) is 6.96. The first-order chi connectivity index (χ1) is 10.1. The van der Waals surface area contributed by atoms with Gasteiger partial charge in [-0.2, -0.15) is 5.10 Å². The number of pyridine rings is 1. The van der Waals surface area contributed by atoms with Crippen LogP contribution in [0.25, 0.3) is 0 Å². The Balaban J connectivity index is 1.49. The van der Waals surface area contributed by atoms with E-state index in [-0.39, 0.29) is 5.91 Å². The molecule has 3 heterocycles. The zero-order valence-electron chi connectivity index (χ0n) is 12.2. The van der Waals surface area contributed by atoms with Crippen molar-refractivity contribution in [2.45, 2.75) is 6.92 Å². The van der Waals surface area contributed by atoms with Crippen LogP contribution in [0, 0.1) is 12.8 Å². The summed E-state index contributed by atoms with van der Waals surface area (Å²) in [6.45, 7) is 3.95. The Labute approximate surface area is 123 Å². The van der Waals surface area contributed by atoms with E-state index in [1.165, 1.54) is 0 Å². The van der Waals surface area contributed by atoms with Gasteiger partial charge in [0.25, 0.3) is 5.91 Å². The molecule has 0 bridgehead atoms.